The van der Waals surface area contributed by atoms with Crippen LogP contribution in [0, 0.1) is 19.7 Å². The van der Waals surface area contributed by atoms with Gasteiger partial charge in [0.15, 0.2) is 0 Å². The largest absolute Gasteiger partial charge is 0.316 e. The second-order valence-corrected chi connectivity index (χ2v) is 4.64. The normalized spacial score (nSPS) is 10.7. The first kappa shape index (κ1) is 12.8. The Balaban J connectivity index is 2.39. The minimum absolute atomic E-state index is 0.153. The predicted octanol–water partition coefficient (Wildman–Crippen LogP) is 3.83. The van der Waals surface area contributed by atoms with E-state index in [0.29, 0.717) is 12.1 Å². The van der Waals surface area contributed by atoms with E-state index >= 15 is 0 Å². The van der Waals surface area contributed by atoms with E-state index in [1.807, 2.05) is 25.2 Å². The summed E-state index contributed by atoms with van der Waals surface area (Å²) in [5.41, 5.74) is 5.17. The van der Waals surface area contributed by atoms with Gasteiger partial charge in [-0.1, -0.05) is 30.3 Å². The lowest BCUT2D eigenvalue weighted by molar-refractivity contribution is 0.601. The van der Waals surface area contributed by atoms with Crippen LogP contribution in [-0.4, -0.2) is 7.05 Å². The van der Waals surface area contributed by atoms with Crippen molar-refractivity contribution in [2.45, 2.75) is 20.4 Å². The average molecular weight is 243 g/mol. The second-order valence-electron chi connectivity index (χ2n) is 4.64. The van der Waals surface area contributed by atoms with Crippen molar-refractivity contribution in [1.29, 1.82) is 0 Å². The van der Waals surface area contributed by atoms with Gasteiger partial charge in [0, 0.05) is 12.1 Å². The van der Waals surface area contributed by atoms with Crippen molar-refractivity contribution >= 4 is 0 Å². The van der Waals surface area contributed by atoms with Gasteiger partial charge in [0.2, 0.25) is 0 Å². The molecule has 0 spiro atoms. The Kier molecular flexibility index (Phi) is 3.78. The lowest BCUT2D eigenvalue weighted by Gasteiger charge is -2.08. The highest BCUT2D eigenvalue weighted by Gasteiger charge is 2.05. The van der Waals surface area contributed by atoms with Gasteiger partial charge in [-0.05, 0) is 49.2 Å². The molecule has 0 saturated heterocycles. The summed E-state index contributed by atoms with van der Waals surface area (Å²) in [6.45, 7) is 4.71. The summed E-state index contributed by atoms with van der Waals surface area (Å²) in [6, 6.07) is 11.6. The molecule has 2 aromatic carbocycles. The SMILES string of the molecule is CNCc1ccc(-c2ccc(C)c(C)c2)cc1F. The smallest absolute Gasteiger partial charge is 0.128 e. The van der Waals surface area contributed by atoms with Crippen LogP contribution in [0.15, 0.2) is 36.4 Å². The number of halogens is 1. The molecule has 0 aromatic heterocycles. The Morgan fingerprint density at radius 2 is 1.61 bits per heavy atom. The number of hydrogen-bond acceptors (Lipinski definition) is 1. The highest BCUT2D eigenvalue weighted by atomic mass is 19.1. The molecule has 94 valence electrons. The topological polar surface area (TPSA) is 12.0 Å². The van der Waals surface area contributed by atoms with Crippen molar-refractivity contribution in [3.05, 3.63) is 58.9 Å². The lowest BCUT2D eigenvalue weighted by Crippen LogP contribution is -2.06. The molecule has 0 unspecified atom stereocenters. The Hall–Kier alpha value is -1.67. The van der Waals surface area contributed by atoms with E-state index in [0.717, 1.165) is 11.1 Å². The Bertz CT molecular complexity index is 561. The lowest BCUT2D eigenvalue weighted by atomic mass is 9.99. The third-order valence-corrected chi connectivity index (χ3v) is 3.26. The van der Waals surface area contributed by atoms with Crippen LogP contribution in [0.2, 0.25) is 0 Å². The van der Waals surface area contributed by atoms with Gasteiger partial charge in [-0.3, -0.25) is 0 Å². The molecule has 0 aliphatic rings. The Morgan fingerprint density at radius 1 is 0.944 bits per heavy atom. The van der Waals surface area contributed by atoms with Crippen LogP contribution < -0.4 is 5.32 Å². The zero-order chi connectivity index (χ0) is 13.1. The summed E-state index contributed by atoms with van der Waals surface area (Å²) in [7, 11) is 1.82. The molecule has 0 aliphatic heterocycles. The average Bonchev–Trinajstić information content (AvgIpc) is 2.35. The molecule has 2 rings (SSSR count). The van der Waals surface area contributed by atoms with E-state index in [1.54, 1.807) is 6.07 Å². The number of nitrogens with one attached hydrogen (secondary N) is 1. The quantitative estimate of drug-likeness (QED) is 0.864. The first-order valence-corrected chi connectivity index (χ1v) is 6.12. The number of benzene rings is 2. The molecule has 18 heavy (non-hydrogen) atoms. The zero-order valence-corrected chi connectivity index (χ0v) is 11.0. The van der Waals surface area contributed by atoms with Gasteiger partial charge in [0.1, 0.15) is 5.82 Å². The number of aryl methyl sites for hydroxylation is 2. The number of rotatable bonds is 3. The van der Waals surface area contributed by atoms with Gasteiger partial charge in [0.25, 0.3) is 0 Å². The van der Waals surface area contributed by atoms with E-state index in [-0.39, 0.29) is 5.82 Å². The molecule has 2 heteroatoms. The third-order valence-electron chi connectivity index (χ3n) is 3.26. The van der Waals surface area contributed by atoms with Crippen molar-refractivity contribution < 1.29 is 4.39 Å². The minimum Gasteiger partial charge on any atom is -0.316 e. The van der Waals surface area contributed by atoms with Crippen LogP contribution in [0.1, 0.15) is 16.7 Å². The van der Waals surface area contributed by atoms with Crippen LogP contribution >= 0.6 is 0 Å². The molecule has 0 amide bonds. The van der Waals surface area contributed by atoms with Crippen molar-refractivity contribution in [2.24, 2.45) is 0 Å². The Morgan fingerprint density at radius 3 is 2.22 bits per heavy atom. The fraction of sp³-hybridized carbons (Fsp3) is 0.250. The fourth-order valence-electron chi connectivity index (χ4n) is 1.98. The summed E-state index contributed by atoms with van der Waals surface area (Å²) < 4.78 is 13.9. The van der Waals surface area contributed by atoms with Crippen molar-refractivity contribution in [3.63, 3.8) is 0 Å². The maximum Gasteiger partial charge on any atom is 0.128 e. The molecule has 2 aromatic rings. The van der Waals surface area contributed by atoms with Crippen molar-refractivity contribution in [3.8, 4) is 11.1 Å². The molecule has 0 fully saturated rings. The van der Waals surface area contributed by atoms with Crippen molar-refractivity contribution in [1.82, 2.24) is 5.32 Å². The summed E-state index contributed by atoms with van der Waals surface area (Å²) >= 11 is 0. The molecule has 1 N–H and O–H groups in total. The van der Waals surface area contributed by atoms with E-state index in [4.69, 9.17) is 0 Å². The molecular formula is C16H18FN. The van der Waals surface area contributed by atoms with Crippen LogP contribution in [0.4, 0.5) is 4.39 Å². The highest BCUT2D eigenvalue weighted by Crippen LogP contribution is 2.24. The molecule has 0 heterocycles. The molecule has 0 bridgehead atoms. The van der Waals surface area contributed by atoms with E-state index in [1.165, 1.54) is 11.1 Å². The van der Waals surface area contributed by atoms with Crippen LogP contribution in [0.25, 0.3) is 11.1 Å². The van der Waals surface area contributed by atoms with Gasteiger partial charge in [-0.2, -0.15) is 0 Å². The molecule has 0 aliphatic carbocycles. The molecule has 0 radical (unpaired) electrons. The van der Waals surface area contributed by atoms with Gasteiger partial charge >= 0.3 is 0 Å². The summed E-state index contributed by atoms with van der Waals surface area (Å²) in [5.74, 6) is -0.153. The molecule has 0 atom stereocenters. The minimum atomic E-state index is -0.153. The summed E-state index contributed by atoms with van der Waals surface area (Å²) in [5, 5.41) is 2.96. The molecule has 1 nitrogen and oxygen atoms in total. The standard InChI is InChI=1S/C16H18FN/c1-11-4-5-13(8-12(11)2)14-6-7-15(10-18-3)16(17)9-14/h4-9,18H,10H2,1-3H3. The molecule has 0 saturated carbocycles. The maximum atomic E-state index is 13.9. The highest BCUT2D eigenvalue weighted by molar-refractivity contribution is 5.65. The molecular weight excluding hydrogens is 225 g/mol. The Labute approximate surface area is 108 Å². The van der Waals surface area contributed by atoms with Gasteiger partial charge in [-0.15, -0.1) is 0 Å². The van der Waals surface area contributed by atoms with Crippen molar-refractivity contribution in [2.75, 3.05) is 7.05 Å². The van der Waals surface area contributed by atoms with Crippen LogP contribution in [0.3, 0.4) is 0 Å². The van der Waals surface area contributed by atoms with Crippen LogP contribution in [0.5, 0.6) is 0 Å². The van der Waals surface area contributed by atoms with Gasteiger partial charge in [-0.25, -0.2) is 4.39 Å². The first-order valence-electron chi connectivity index (χ1n) is 6.12. The second kappa shape index (κ2) is 5.32. The third kappa shape index (κ3) is 2.59. The predicted molar refractivity (Wildman–Crippen MR) is 74.1 cm³/mol. The number of hydrogen-bond donors (Lipinski definition) is 1. The van der Waals surface area contributed by atoms with E-state index in [2.05, 4.69) is 31.3 Å². The van der Waals surface area contributed by atoms with E-state index < -0.39 is 0 Å². The summed E-state index contributed by atoms with van der Waals surface area (Å²) in [4.78, 5) is 0. The maximum absolute atomic E-state index is 13.9. The van der Waals surface area contributed by atoms with E-state index in [9.17, 15) is 4.39 Å². The van der Waals surface area contributed by atoms with Gasteiger partial charge < -0.3 is 5.32 Å². The van der Waals surface area contributed by atoms with Crippen LogP contribution in [-0.2, 0) is 6.54 Å². The zero-order valence-electron chi connectivity index (χ0n) is 11.0. The first-order chi connectivity index (χ1) is 8.61. The monoisotopic (exact) mass is 243 g/mol. The summed E-state index contributed by atoms with van der Waals surface area (Å²) in [6.07, 6.45) is 0. The fourth-order valence-corrected chi connectivity index (χ4v) is 1.98. The van der Waals surface area contributed by atoms with Gasteiger partial charge in [0.05, 0.1) is 0 Å².